The fraction of sp³-hybridized carbons (Fsp3) is 0.444. The van der Waals surface area contributed by atoms with Crippen LogP contribution in [0.4, 0.5) is 0 Å². The van der Waals surface area contributed by atoms with E-state index in [1.807, 2.05) is 12.1 Å². The Morgan fingerprint density at radius 2 is 2.09 bits per heavy atom. The quantitative estimate of drug-likeness (QED) is 0.424. The molecule has 3 aromatic rings. The highest BCUT2D eigenvalue weighted by atomic mass is 16.5. The number of nitrogens with one attached hydrogen (secondary N) is 2. The SMILES string of the molecule is CCCN[C@H]1CCc2c(CCCC(NC(=O)c3ccc(-n4ccnn4)cc3)OC)cccc2C1. The van der Waals surface area contributed by atoms with E-state index in [0.717, 1.165) is 44.3 Å². The van der Waals surface area contributed by atoms with Gasteiger partial charge in [-0.1, -0.05) is 30.3 Å². The maximum absolute atomic E-state index is 12.7. The van der Waals surface area contributed by atoms with Crippen molar-refractivity contribution in [3.63, 3.8) is 0 Å². The molecule has 0 saturated heterocycles. The molecular formula is C27H35N5O2. The zero-order valence-corrected chi connectivity index (χ0v) is 20.2. The molecule has 1 aromatic heterocycles. The maximum atomic E-state index is 12.7. The molecular weight excluding hydrogens is 426 g/mol. The minimum atomic E-state index is -0.315. The van der Waals surface area contributed by atoms with Crippen molar-refractivity contribution >= 4 is 5.91 Å². The maximum Gasteiger partial charge on any atom is 0.253 e. The van der Waals surface area contributed by atoms with Crippen molar-refractivity contribution in [1.29, 1.82) is 0 Å². The molecule has 4 rings (SSSR count). The number of ether oxygens (including phenoxy) is 1. The highest BCUT2D eigenvalue weighted by Gasteiger charge is 2.20. The normalized spacial score (nSPS) is 16.1. The van der Waals surface area contributed by atoms with Crippen LogP contribution in [-0.4, -0.2) is 46.8 Å². The van der Waals surface area contributed by atoms with Gasteiger partial charge in [0.2, 0.25) is 0 Å². The number of benzene rings is 2. The first-order valence-corrected chi connectivity index (χ1v) is 12.3. The Balaban J connectivity index is 1.28. The molecule has 2 N–H and O–H groups in total. The fourth-order valence-electron chi connectivity index (χ4n) is 4.71. The Hall–Kier alpha value is -3.03. The summed E-state index contributed by atoms with van der Waals surface area (Å²) in [7, 11) is 1.65. The zero-order valence-electron chi connectivity index (χ0n) is 20.2. The standard InChI is InChI=1S/C27H35N5O2/c1-3-16-28-23-12-15-25-20(6-4-8-22(25)19-23)7-5-9-26(34-2)30-27(33)21-10-13-24(14-11-21)32-18-17-29-31-32/h4,6,8,10-11,13-14,17-18,23,26,28H,3,5,7,9,12,15-16,19H2,1-2H3,(H,30,33)/t23-,26?/m0/s1. The summed E-state index contributed by atoms with van der Waals surface area (Å²) in [6.45, 7) is 3.31. The predicted molar refractivity (Wildman–Crippen MR) is 133 cm³/mol. The van der Waals surface area contributed by atoms with Gasteiger partial charge in [0.05, 0.1) is 18.1 Å². The summed E-state index contributed by atoms with van der Waals surface area (Å²) in [6, 6.07) is 14.6. The summed E-state index contributed by atoms with van der Waals surface area (Å²) >= 11 is 0. The van der Waals surface area contributed by atoms with Gasteiger partial charge in [-0.05, 0) is 92.4 Å². The van der Waals surface area contributed by atoms with E-state index < -0.39 is 0 Å². The summed E-state index contributed by atoms with van der Waals surface area (Å²) in [5, 5.41) is 14.5. The van der Waals surface area contributed by atoms with Gasteiger partial charge in [0.1, 0.15) is 6.23 Å². The number of nitrogens with zero attached hydrogens (tertiary/aromatic N) is 3. The third-order valence-corrected chi connectivity index (χ3v) is 6.57. The van der Waals surface area contributed by atoms with Crippen LogP contribution >= 0.6 is 0 Å². The number of amides is 1. The fourth-order valence-corrected chi connectivity index (χ4v) is 4.71. The van der Waals surface area contributed by atoms with E-state index in [9.17, 15) is 4.79 Å². The van der Waals surface area contributed by atoms with Gasteiger partial charge in [0, 0.05) is 18.7 Å². The lowest BCUT2D eigenvalue weighted by atomic mass is 9.84. The third kappa shape index (κ3) is 6.10. The number of aryl methyl sites for hydroxylation is 1. The monoisotopic (exact) mass is 461 g/mol. The van der Waals surface area contributed by atoms with Crippen LogP contribution < -0.4 is 10.6 Å². The minimum absolute atomic E-state index is 0.139. The molecule has 1 unspecified atom stereocenters. The van der Waals surface area contributed by atoms with Gasteiger partial charge in [-0.25, -0.2) is 4.68 Å². The van der Waals surface area contributed by atoms with Crippen LogP contribution in [0.25, 0.3) is 5.69 Å². The summed E-state index contributed by atoms with van der Waals surface area (Å²) in [5.74, 6) is -0.139. The van der Waals surface area contributed by atoms with Crippen molar-refractivity contribution in [3.8, 4) is 5.69 Å². The number of hydrogen-bond donors (Lipinski definition) is 2. The average molecular weight is 462 g/mol. The second kappa shape index (κ2) is 11.9. The lowest BCUT2D eigenvalue weighted by Crippen LogP contribution is -2.36. The van der Waals surface area contributed by atoms with Crippen molar-refractivity contribution in [2.24, 2.45) is 0 Å². The van der Waals surface area contributed by atoms with Crippen molar-refractivity contribution in [3.05, 3.63) is 77.1 Å². The molecule has 0 spiro atoms. The lowest BCUT2D eigenvalue weighted by molar-refractivity contribution is 0.0530. The number of carbonyl (C=O) groups is 1. The molecule has 180 valence electrons. The predicted octanol–water partition coefficient (Wildman–Crippen LogP) is 3.85. The van der Waals surface area contributed by atoms with Crippen LogP contribution in [0, 0.1) is 0 Å². The molecule has 0 radical (unpaired) electrons. The summed E-state index contributed by atoms with van der Waals surface area (Å²) in [6.07, 6.45) is 10.4. The topological polar surface area (TPSA) is 81.1 Å². The van der Waals surface area contributed by atoms with Gasteiger partial charge < -0.3 is 15.4 Å². The Bertz CT molecular complexity index is 1050. The third-order valence-electron chi connectivity index (χ3n) is 6.57. The number of hydrogen-bond acceptors (Lipinski definition) is 5. The number of aromatic nitrogens is 3. The Morgan fingerprint density at radius 1 is 1.24 bits per heavy atom. The molecule has 0 bridgehead atoms. The second-order valence-electron chi connectivity index (χ2n) is 8.93. The number of rotatable bonds is 11. The minimum Gasteiger partial charge on any atom is -0.362 e. The van der Waals surface area contributed by atoms with Crippen LogP contribution in [0.2, 0.25) is 0 Å². The van der Waals surface area contributed by atoms with Crippen molar-refractivity contribution in [1.82, 2.24) is 25.6 Å². The molecule has 7 heteroatoms. The smallest absolute Gasteiger partial charge is 0.253 e. The van der Waals surface area contributed by atoms with E-state index in [2.05, 4.69) is 46.1 Å². The molecule has 1 heterocycles. The van der Waals surface area contributed by atoms with Crippen molar-refractivity contribution in [2.75, 3.05) is 13.7 Å². The summed E-state index contributed by atoms with van der Waals surface area (Å²) in [5.41, 5.74) is 5.91. The van der Waals surface area contributed by atoms with Crippen LogP contribution in [-0.2, 0) is 24.0 Å². The average Bonchev–Trinajstić information content (AvgIpc) is 3.42. The first-order chi connectivity index (χ1) is 16.7. The second-order valence-corrected chi connectivity index (χ2v) is 8.93. The van der Waals surface area contributed by atoms with Gasteiger partial charge in [0.15, 0.2) is 0 Å². The molecule has 1 aliphatic carbocycles. The largest absolute Gasteiger partial charge is 0.362 e. The van der Waals surface area contributed by atoms with E-state index in [4.69, 9.17) is 4.74 Å². The van der Waals surface area contributed by atoms with Gasteiger partial charge in [-0.15, -0.1) is 5.10 Å². The molecule has 34 heavy (non-hydrogen) atoms. The van der Waals surface area contributed by atoms with E-state index in [-0.39, 0.29) is 12.1 Å². The van der Waals surface area contributed by atoms with Crippen LogP contribution in [0.1, 0.15) is 59.7 Å². The number of methoxy groups -OCH3 is 1. The van der Waals surface area contributed by atoms with E-state index in [1.165, 1.54) is 29.5 Å². The molecule has 0 aliphatic heterocycles. The van der Waals surface area contributed by atoms with E-state index in [0.29, 0.717) is 11.6 Å². The molecule has 0 saturated carbocycles. The molecule has 1 aliphatic rings. The van der Waals surface area contributed by atoms with Crippen molar-refractivity contribution in [2.45, 2.75) is 64.1 Å². The van der Waals surface area contributed by atoms with Crippen molar-refractivity contribution < 1.29 is 9.53 Å². The van der Waals surface area contributed by atoms with Crippen LogP contribution in [0.5, 0.6) is 0 Å². The first-order valence-electron chi connectivity index (χ1n) is 12.3. The molecule has 2 atom stereocenters. The van der Waals surface area contributed by atoms with Gasteiger partial charge in [-0.2, -0.15) is 0 Å². The molecule has 2 aromatic carbocycles. The van der Waals surface area contributed by atoms with E-state index >= 15 is 0 Å². The molecule has 7 nitrogen and oxygen atoms in total. The lowest BCUT2D eigenvalue weighted by Gasteiger charge is -2.27. The van der Waals surface area contributed by atoms with Gasteiger partial charge >= 0.3 is 0 Å². The molecule has 1 amide bonds. The highest BCUT2D eigenvalue weighted by molar-refractivity contribution is 5.94. The highest BCUT2D eigenvalue weighted by Crippen LogP contribution is 2.26. The Morgan fingerprint density at radius 3 is 2.82 bits per heavy atom. The van der Waals surface area contributed by atoms with Crippen LogP contribution in [0.3, 0.4) is 0 Å². The summed E-state index contributed by atoms with van der Waals surface area (Å²) < 4.78 is 7.22. The number of fused-ring (bicyclic) bond motifs is 1. The first kappa shape index (κ1) is 24.1. The molecule has 0 fully saturated rings. The zero-order chi connectivity index (χ0) is 23.8. The van der Waals surface area contributed by atoms with Crippen LogP contribution in [0.15, 0.2) is 54.9 Å². The number of carbonyl (C=O) groups excluding carboxylic acids is 1. The van der Waals surface area contributed by atoms with Gasteiger partial charge in [0.25, 0.3) is 5.91 Å². The summed E-state index contributed by atoms with van der Waals surface area (Å²) in [4.78, 5) is 12.7. The Labute approximate surface area is 201 Å². The van der Waals surface area contributed by atoms with E-state index in [1.54, 1.807) is 36.3 Å². The van der Waals surface area contributed by atoms with Gasteiger partial charge in [-0.3, -0.25) is 4.79 Å². The Kier molecular flexibility index (Phi) is 8.44.